The Morgan fingerprint density at radius 1 is 0.763 bits per heavy atom. The minimum atomic E-state index is -0.454. The molecule has 38 heavy (non-hydrogen) atoms. The van der Waals surface area contributed by atoms with Gasteiger partial charge in [-0.2, -0.15) is 0 Å². The normalized spacial score (nSPS) is 18.2. The molecule has 11 nitrogen and oxygen atoms in total. The van der Waals surface area contributed by atoms with Crippen LogP contribution >= 0.6 is 0 Å². The van der Waals surface area contributed by atoms with E-state index in [0.717, 1.165) is 17.7 Å². The predicted molar refractivity (Wildman–Crippen MR) is 139 cm³/mol. The maximum Gasteiger partial charge on any atom is 0.356 e. The number of ether oxygens (including phenoxy) is 5. The average Bonchev–Trinajstić information content (AvgIpc) is 2.94. The molecule has 0 unspecified atom stereocenters. The molecule has 0 amide bonds. The Labute approximate surface area is 224 Å². The molecule has 2 aromatic heterocycles. The van der Waals surface area contributed by atoms with Crippen LogP contribution in [0.4, 0.5) is 0 Å². The van der Waals surface area contributed by atoms with Crippen molar-refractivity contribution >= 4 is 12.3 Å². The van der Waals surface area contributed by atoms with Crippen molar-refractivity contribution < 1.29 is 33.3 Å². The number of pyridine rings is 2. The molecule has 0 aliphatic carbocycles. The number of rotatable bonds is 6. The molecular weight excluding hydrogens is 492 g/mol. The lowest BCUT2D eigenvalue weighted by molar-refractivity contribution is 0.00598. The van der Waals surface area contributed by atoms with E-state index in [1.54, 1.807) is 18.2 Å². The van der Waals surface area contributed by atoms with Crippen LogP contribution in [-0.2, 0) is 36.8 Å². The number of carbonyl (C=O) groups is 2. The van der Waals surface area contributed by atoms with E-state index in [0.29, 0.717) is 97.8 Å². The van der Waals surface area contributed by atoms with Crippen LogP contribution in [0.5, 0.6) is 0 Å². The summed E-state index contributed by atoms with van der Waals surface area (Å²) in [4.78, 5) is 36.0. The van der Waals surface area contributed by atoms with Crippen molar-refractivity contribution in [3.05, 3.63) is 59.2 Å². The molecule has 0 radical (unpaired) electrons. The van der Waals surface area contributed by atoms with Crippen molar-refractivity contribution in [3.63, 3.8) is 0 Å². The standard InChI is InChI=1S/C27H38N4O7/c1-34-27(33)26-7-3-5-24(29-26)21-31-10-14-37-18-16-35-12-8-30(9-13-36-17-19-38-15-11-31)20-23-4-2-6-25(22-32)28-23/h2-7,22H,8-21H2,1H3. The van der Waals surface area contributed by atoms with Gasteiger partial charge in [0.15, 0.2) is 6.29 Å². The van der Waals surface area contributed by atoms with Crippen molar-refractivity contribution in [3.8, 4) is 0 Å². The van der Waals surface area contributed by atoms with Gasteiger partial charge in [-0.3, -0.25) is 14.6 Å². The minimum Gasteiger partial charge on any atom is -0.464 e. The fourth-order valence-corrected chi connectivity index (χ4v) is 3.85. The van der Waals surface area contributed by atoms with Crippen molar-refractivity contribution in [1.29, 1.82) is 0 Å². The summed E-state index contributed by atoms with van der Waals surface area (Å²) in [6.45, 7) is 8.10. The maximum absolute atomic E-state index is 11.8. The number of nitrogens with zero attached hydrogens (tertiary/aromatic N) is 4. The van der Waals surface area contributed by atoms with Crippen LogP contribution in [0.25, 0.3) is 0 Å². The van der Waals surface area contributed by atoms with Gasteiger partial charge < -0.3 is 23.7 Å². The van der Waals surface area contributed by atoms with Gasteiger partial charge in [-0.15, -0.1) is 0 Å². The van der Waals surface area contributed by atoms with Gasteiger partial charge in [0.1, 0.15) is 11.4 Å². The highest BCUT2D eigenvalue weighted by Gasteiger charge is 2.12. The second-order valence-corrected chi connectivity index (χ2v) is 8.68. The van der Waals surface area contributed by atoms with Crippen molar-refractivity contribution in [2.24, 2.45) is 0 Å². The van der Waals surface area contributed by atoms with Crippen LogP contribution in [0, 0.1) is 0 Å². The summed E-state index contributed by atoms with van der Waals surface area (Å²) in [5.41, 5.74) is 2.33. The zero-order valence-electron chi connectivity index (χ0n) is 22.1. The lowest BCUT2D eigenvalue weighted by atomic mass is 10.3. The molecule has 0 saturated carbocycles. The smallest absolute Gasteiger partial charge is 0.356 e. The summed E-state index contributed by atoms with van der Waals surface area (Å²) in [7, 11) is 1.34. The summed E-state index contributed by atoms with van der Waals surface area (Å²) >= 11 is 0. The molecule has 1 saturated heterocycles. The van der Waals surface area contributed by atoms with Crippen LogP contribution in [-0.4, -0.2) is 118 Å². The third-order valence-corrected chi connectivity index (χ3v) is 5.87. The van der Waals surface area contributed by atoms with Crippen molar-refractivity contribution in [1.82, 2.24) is 19.8 Å². The molecule has 0 aromatic carbocycles. The molecule has 0 bridgehead atoms. The Hall–Kier alpha value is -2.80. The van der Waals surface area contributed by atoms with Gasteiger partial charge >= 0.3 is 5.97 Å². The molecule has 2 aromatic rings. The quantitative estimate of drug-likeness (QED) is 0.400. The number of hydrogen-bond acceptors (Lipinski definition) is 11. The highest BCUT2D eigenvalue weighted by molar-refractivity contribution is 5.87. The number of hydrogen-bond donors (Lipinski definition) is 0. The Kier molecular flexibility index (Phi) is 13.8. The number of aldehydes is 1. The number of aromatic nitrogens is 2. The Morgan fingerprint density at radius 2 is 1.24 bits per heavy atom. The Balaban J connectivity index is 1.48. The first-order valence-electron chi connectivity index (χ1n) is 12.9. The van der Waals surface area contributed by atoms with E-state index in [1.165, 1.54) is 7.11 Å². The zero-order chi connectivity index (χ0) is 26.8. The molecule has 1 fully saturated rings. The van der Waals surface area contributed by atoms with Crippen LogP contribution in [0.15, 0.2) is 36.4 Å². The molecular formula is C27H38N4O7. The van der Waals surface area contributed by atoms with E-state index in [1.807, 2.05) is 18.2 Å². The molecule has 0 atom stereocenters. The molecule has 0 spiro atoms. The first-order chi connectivity index (χ1) is 18.7. The molecule has 11 heteroatoms. The van der Waals surface area contributed by atoms with Gasteiger partial charge in [0, 0.05) is 39.3 Å². The zero-order valence-corrected chi connectivity index (χ0v) is 22.1. The van der Waals surface area contributed by atoms with E-state index in [4.69, 9.17) is 23.7 Å². The van der Waals surface area contributed by atoms with Crippen LogP contribution in [0.1, 0.15) is 32.4 Å². The van der Waals surface area contributed by atoms with Crippen LogP contribution in [0.2, 0.25) is 0 Å². The second kappa shape index (κ2) is 17.7. The molecule has 208 valence electrons. The summed E-state index contributed by atoms with van der Waals surface area (Å²) in [5.74, 6) is -0.454. The average molecular weight is 531 g/mol. The summed E-state index contributed by atoms with van der Waals surface area (Å²) in [5, 5.41) is 0. The summed E-state index contributed by atoms with van der Waals surface area (Å²) < 4.78 is 27.9. The summed E-state index contributed by atoms with van der Waals surface area (Å²) in [6, 6.07) is 10.8. The molecule has 1 aliphatic heterocycles. The Morgan fingerprint density at radius 3 is 1.71 bits per heavy atom. The monoisotopic (exact) mass is 530 g/mol. The minimum absolute atomic E-state index is 0.289. The Bertz CT molecular complexity index is 958. The van der Waals surface area contributed by atoms with Crippen molar-refractivity contribution in [2.45, 2.75) is 13.1 Å². The molecule has 1 aliphatic rings. The van der Waals surface area contributed by atoms with Gasteiger partial charge in [0.05, 0.1) is 71.4 Å². The molecule has 3 rings (SSSR count). The number of carbonyl (C=O) groups excluding carboxylic acids is 2. The summed E-state index contributed by atoms with van der Waals surface area (Å²) in [6.07, 6.45) is 0.758. The van der Waals surface area contributed by atoms with Gasteiger partial charge in [0.25, 0.3) is 0 Å². The van der Waals surface area contributed by atoms with E-state index < -0.39 is 5.97 Å². The molecule has 3 heterocycles. The van der Waals surface area contributed by atoms with E-state index in [9.17, 15) is 9.59 Å². The van der Waals surface area contributed by atoms with E-state index in [-0.39, 0.29) is 5.69 Å². The topological polar surface area (TPSA) is 113 Å². The van der Waals surface area contributed by atoms with Gasteiger partial charge in [0.2, 0.25) is 0 Å². The first kappa shape index (κ1) is 29.8. The third-order valence-electron chi connectivity index (χ3n) is 5.87. The largest absolute Gasteiger partial charge is 0.464 e. The van der Waals surface area contributed by atoms with E-state index >= 15 is 0 Å². The van der Waals surface area contributed by atoms with Crippen molar-refractivity contribution in [2.75, 3.05) is 86.1 Å². The fraction of sp³-hybridized carbons (Fsp3) is 0.556. The predicted octanol–water partition coefficient (Wildman–Crippen LogP) is 1.46. The highest BCUT2D eigenvalue weighted by Crippen LogP contribution is 2.06. The van der Waals surface area contributed by atoms with Gasteiger partial charge in [-0.25, -0.2) is 14.8 Å². The molecule has 0 N–H and O–H groups in total. The van der Waals surface area contributed by atoms with Crippen LogP contribution < -0.4 is 0 Å². The first-order valence-corrected chi connectivity index (χ1v) is 12.9. The lowest BCUT2D eigenvalue weighted by Gasteiger charge is -2.23. The van der Waals surface area contributed by atoms with E-state index in [2.05, 4.69) is 19.8 Å². The highest BCUT2D eigenvalue weighted by atomic mass is 16.5. The van der Waals surface area contributed by atoms with Gasteiger partial charge in [-0.1, -0.05) is 12.1 Å². The fourth-order valence-electron chi connectivity index (χ4n) is 3.85. The third kappa shape index (κ3) is 11.3. The number of methoxy groups -OCH3 is 1. The SMILES string of the molecule is COC(=O)c1cccc(CN2CCOCCOCCN(Cc3cccc(C=O)n3)CCOCCOCC2)n1. The maximum atomic E-state index is 11.8. The lowest BCUT2D eigenvalue weighted by Crippen LogP contribution is -2.33. The second-order valence-electron chi connectivity index (χ2n) is 8.68. The van der Waals surface area contributed by atoms with Gasteiger partial charge in [-0.05, 0) is 24.3 Å². The van der Waals surface area contributed by atoms with Crippen LogP contribution in [0.3, 0.4) is 0 Å². The number of esters is 1.